The van der Waals surface area contributed by atoms with Crippen LogP contribution in [-0.2, 0) is 0 Å². The maximum atomic E-state index is 4.11. The lowest BCUT2D eigenvalue weighted by Gasteiger charge is -2.07. The summed E-state index contributed by atoms with van der Waals surface area (Å²) in [5.74, 6) is 0. The van der Waals surface area contributed by atoms with E-state index in [1.807, 2.05) is 12.3 Å². The van der Waals surface area contributed by atoms with Gasteiger partial charge in [0.15, 0.2) is 0 Å². The molecule has 0 N–H and O–H groups in total. The Morgan fingerprint density at radius 2 is 1.58 bits per heavy atom. The summed E-state index contributed by atoms with van der Waals surface area (Å²) < 4.78 is 0. The number of nitrogens with zero attached hydrogens (tertiary/aromatic N) is 1. The van der Waals surface area contributed by atoms with Gasteiger partial charge in [-0.3, -0.25) is 4.99 Å². The van der Waals surface area contributed by atoms with E-state index in [4.69, 9.17) is 0 Å². The Balaban J connectivity index is 2.44. The molecule has 0 amide bonds. The van der Waals surface area contributed by atoms with Crippen molar-refractivity contribution < 1.29 is 0 Å². The third-order valence-electron chi connectivity index (χ3n) is 3.21. The number of aliphatic imine (C=N–C) groups is 1. The topological polar surface area (TPSA) is 12.4 Å². The van der Waals surface area contributed by atoms with Crippen molar-refractivity contribution >= 4 is 17.9 Å². The second-order valence-corrected chi connectivity index (χ2v) is 4.66. The predicted molar refractivity (Wildman–Crippen MR) is 84.7 cm³/mol. The number of hydrogen-bond donors (Lipinski definition) is 0. The number of rotatable bonds is 3. The second kappa shape index (κ2) is 6.14. The minimum absolute atomic E-state index is 1.15. The normalized spacial score (nSPS) is 12.1. The van der Waals surface area contributed by atoms with Gasteiger partial charge in [-0.2, -0.15) is 0 Å². The van der Waals surface area contributed by atoms with E-state index in [1.165, 1.54) is 22.3 Å². The molecule has 0 heterocycles. The molecule has 0 fully saturated rings. The van der Waals surface area contributed by atoms with Crippen molar-refractivity contribution in [3.8, 4) is 0 Å². The first-order chi connectivity index (χ1) is 9.22. The SMILES string of the molecule is CN=Cc1ccccc1/C=C(\C)c1ccccc1C. The van der Waals surface area contributed by atoms with Crippen molar-refractivity contribution in [3.05, 3.63) is 70.8 Å². The van der Waals surface area contributed by atoms with Crippen LogP contribution in [0.15, 0.2) is 53.5 Å². The lowest BCUT2D eigenvalue weighted by atomic mass is 9.98. The molecule has 1 heteroatoms. The standard InChI is InChI=1S/C18H19N/c1-14-8-4-7-11-18(14)15(2)12-16-9-5-6-10-17(16)13-19-3/h4-13H,1-3H3/b15-12+,19-13?. The Bertz CT molecular complexity index is 621. The number of benzene rings is 2. The van der Waals surface area contributed by atoms with E-state index in [0.29, 0.717) is 0 Å². The third kappa shape index (κ3) is 3.19. The number of aryl methyl sites for hydroxylation is 1. The molecule has 2 aromatic rings. The summed E-state index contributed by atoms with van der Waals surface area (Å²) in [4.78, 5) is 4.11. The van der Waals surface area contributed by atoms with Crippen LogP contribution in [-0.4, -0.2) is 13.3 Å². The molecular weight excluding hydrogens is 230 g/mol. The van der Waals surface area contributed by atoms with Gasteiger partial charge >= 0.3 is 0 Å². The lowest BCUT2D eigenvalue weighted by Crippen LogP contribution is -1.89. The zero-order chi connectivity index (χ0) is 13.7. The molecule has 1 nitrogen and oxygen atoms in total. The van der Waals surface area contributed by atoms with E-state index < -0.39 is 0 Å². The van der Waals surface area contributed by atoms with Gasteiger partial charge in [-0.1, -0.05) is 54.6 Å². The molecule has 0 unspecified atom stereocenters. The molecule has 2 rings (SSSR count). The zero-order valence-electron chi connectivity index (χ0n) is 11.7. The Labute approximate surface area is 115 Å². The minimum Gasteiger partial charge on any atom is -0.296 e. The number of allylic oxidation sites excluding steroid dienone is 1. The summed E-state index contributed by atoms with van der Waals surface area (Å²) in [5.41, 5.74) is 6.23. The van der Waals surface area contributed by atoms with Crippen molar-refractivity contribution in [2.24, 2.45) is 4.99 Å². The average molecular weight is 249 g/mol. The molecular formula is C18H19N. The van der Waals surface area contributed by atoms with Crippen molar-refractivity contribution in [2.75, 3.05) is 7.05 Å². The quantitative estimate of drug-likeness (QED) is 0.556. The van der Waals surface area contributed by atoms with Gasteiger partial charge < -0.3 is 0 Å². The second-order valence-electron chi connectivity index (χ2n) is 4.66. The molecule has 96 valence electrons. The van der Waals surface area contributed by atoms with Gasteiger partial charge in [0.2, 0.25) is 0 Å². The van der Waals surface area contributed by atoms with Gasteiger partial charge in [-0.15, -0.1) is 0 Å². The summed E-state index contributed by atoms with van der Waals surface area (Å²) >= 11 is 0. The minimum atomic E-state index is 1.15. The summed E-state index contributed by atoms with van der Waals surface area (Å²) in [7, 11) is 1.80. The fourth-order valence-electron chi connectivity index (χ4n) is 2.23. The average Bonchev–Trinajstić information content (AvgIpc) is 2.41. The van der Waals surface area contributed by atoms with E-state index in [9.17, 15) is 0 Å². The maximum Gasteiger partial charge on any atom is 0.0287 e. The third-order valence-corrected chi connectivity index (χ3v) is 3.21. The highest BCUT2D eigenvalue weighted by Crippen LogP contribution is 2.22. The highest BCUT2D eigenvalue weighted by Gasteiger charge is 2.01. The summed E-state index contributed by atoms with van der Waals surface area (Å²) in [6.07, 6.45) is 4.12. The first kappa shape index (κ1) is 13.3. The molecule has 2 aromatic carbocycles. The molecule has 0 aliphatic rings. The Hall–Kier alpha value is -2.15. The van der Waals surface area contributed by atoms with Crippen molar-refractivity contribution in [2.45, 2.75) is 13.8 Å². The van der Waals surface area contributed by atoms with Crippen LogP contribution in [0.25, 0.3) is 11.6 Å². The van der Waals surface area contributed by atoms with Crippen LogP contribution < -0.4 is 0 Å². The molecule has 0 aromatic heterocycles. The molecule has 0 bridgehead atoms. The van der Waals surface area contributed by atoms with E-state index in [-0.39, 0.29) is 0 Å². The van der Waals surface area contributed by atoms with Crippen LogP contribution in [0.3, 0.4) is 0 Å². The summed E-state index contributed by atoms with van der Waals surface area (Å²) in [6.45, 7) is 4.30. The lowest BCUT2D eigenvalue weighted by molar-refractivity contribution is 1.41. The largest absolute Gasteiger partial charge is 0.296 e. The molecule has 0 atom stereocenters. The van der Waals surface area contributed by atoms with Crippen molar-refractivity contribution in [1.29, 1.82) is 0 Å². The maximum absolute atomic E-state index is 4.11. The highest BCUT2D eigenvalue weighted by molar-refractivity contribution is 5.90. The van der Waals surface area contributed by atoms with E-state index in [1.54, 1.807) is 7.05 Å². The Morgan fingerprint density at radius 1 is 0.947 bits per heavy atom. The van der Waals surface area contributed by atoms with Gasteiger partial charge in [-0.25, -0.2) is 0 Å². The first-order valence-electron chi connectivity index (χ1n) is 6.48. The molecule has 0 radical (unpaired) electrons. The van der Waals surface area contributed by atoms with Crippen LogP contribution in [0.1, 0.15) is 29.2 Å². The molecule has 0 saturated heterocycles. The van der Waals surface area contributed by atoms with E-state index >= 15 is 0 Å². The monoisotopic (exact) mass is 249 g/mol. The molecule has 0 aliphatic heterocycles. The van der Waals surface area contributed by atoms with Gasteiger partial charge in [-0.05, 0) is 41.7 Å². The van der Waals surface area contributed by atoms with Crippen LogP contribution in [0.5, 0.6) is 0 Å². The molecule has 0 spiro atoms. The first-order valence-corrected chi connectivity index (χ1v) is 6.48. The van der Waals surface area contributed by atoms with Gasteiger partial charge in [0.1, 0.15) is 0 Å². The fraction of sp³-hybridized carbons (Fsp3) is 0.167. The molecule has 19 heavy (non-hydrogen) atoms. The van der Waals surface area contributed by atoms with Crippen LogP contribution in [0.4, 0.5) is 0 Å². The van der Waals surface area contributed by atoms with E-state index in [2.05, 4.69) is 67.4 Å². The molecule has 0 aliphatic carbocycles. The van der Waals surface area contributed by atoms with Crippen molar-refractivity contribution in [1.82, 2.24) is 0 Å². The molecule has 0 saturated carbocycles. The van der Waals surface area contributed by atoms with Crippen molar-refractivity contribution in [3.63, 3.8) is 0 Å². The summed E-state index contributed by atoms with van der Waals surface area (Å²) in [5, 5.41) is 0. The summed E-state index contributed by atoms with van der Waals surface area (Å²) in [6, 6.07) is 16.8. The van der Waals surface area contributed by atoms with Gasteiger partial charge in [0.25, 0.3) is 0 Å². The van der Waals surface area contributed by atoms with E-state index in [0.717, 1.165) is 5.56 Å². The van der Waals surface area contributed by atoms with Crippen LogP contribution in [0, 0.1) is 6.92 Å². The zero-order valence-corrected chi connectivity index (χ0v) is 11.7. The fourth-order valence-corrected chi connectivity index (χ4v) is 2.23. The predicted octanol–water partition coefficient (Wildman–Crippen LogP) is 4.60. The van der Waals surface area contributed by atoms with Crippen LogP contribution >= 0.6 is 0 Å². The smallest absolute Gasteiger partial charge is 0.0287 e. The number of hydrogen-bond acceptors (Lipinski definition) is 1. The van der Waals surface area contributed by atoms with Gasteiger partial charge in [0, 0.05) is 13.3 Å². The van der Waals surface area contributed by atoms with Crippen LogP contribution in [0.2, 0.25) is 0 Å². The Kier molecular flexibility index (Phi) is 4.30. The highest BCUT2D eigenvalue weighted by atomic mass is 14.6. The van der Waals surface area contributed by atoms with Gasteiger partial charge in [0.05, 0.1) is 0 Å². The Morgan fingerprint density at radius 3 is 2.26 bits per heavy atom.